The molecular weight excluding hydrogens is 545 g/mol. The molecule has 3 aromatic heterocycles. The number of aromatic nitrogens is 4. The summed E-state index contributed by atoms with van der Waals surface area (Å²) in [6.45, 7) is 6.66. The highest BCUT2D eigenvalue weighted by Crippen LogP contribution is 2.44. The molecule has 0 fully saturated rings. The van der Waals surface area contributed by atoms with E-state index in [0.29, 0.717) is 38.6 Å². The second-order valence-electron chi connectivity index (χ2n) is 9.28. The molecule has 5 aromatic rings. The van der Waals surface area contributed by atoms with Gasteiger partial charge >= 0.3 is 6.01 Å². The number of ether oxygens (including phenoxy) is 1. The zero-order chi connectivity index (χ0) is 29.4. The Morgan fingerprint density at radius 2 is 1.90 bits per heavy atom. The van der Waals surface area contributed by atoms with Crippen molar-refractivity contribution in [1.29, 1.82) is 5.26 Å². The van der Waals surface area contributed by atoms with Crippen LogP contribution >= 0.6 is 11.6 Å². The van der Waals surface area contributed by atoms with Crippen LogP contribution in [0.1, 0.15) is 16.8 Å². The summed E-state index contributed by atoms with van der Waals surface area (Å²) in [6.07, 6.45) is 2.93. The molecule has 41 heavy (non-hydrogen) atoms. The number of aryl methyl sites for hydroxylation is 3. The molecule has 0 aliphatic rings. The van der Waals surface area contributed by atoms with E-state index in [2.05, 4.69) is 32.9 Å². The van der Waals surface area contributed by atoms with Crippen molar-refractivity contribution in [3.63, 3.8) is 0 Å². The van der Waals surface area contributed by atoms with Gasteiger partial charge in [0.05, 0.1) is 39.1 Å². The van der Waals surface area contributed by atoms with E-state index in [1.165, 1.54) is 12.4 Å². The second-order valence-corrected chi connectivity index (χ2v) is 9.68. The van der Waals surface area contributed by atoms with Crippen molar-refractivity contribution in [3.05, 3.63) is 89.1 Å². The van der Waals surface area contributed by atoms with Crippen molar-refractivity contribution >= 4 is 39.9 Å². The van der Waals surface area contributed by atoms with Crippen LogP contribution in [0, 0.1) is 25.2 Å². The lowest BCUT2D eigenvalue weighted by atomic mass is 9.95. The van der Waals surface area contributed by atoms with E-state index in [1.807, 2.05) is 36.7 Å². The van der Waals surface area contributed by atoms with Crippen LogP contribution < -0.4 is 15.8 Å². The molecule has 9 nitrogen and oxygen atoms in total. The predicted molar refractivity (Wildman–Crippen MR) is 156 cm³/mol. The van der Waals surface area contributed by atoms with Crippen LogP contribution in [0.5, 0.6) is 11.8 Å². The first kappa shape index (κ1) is 27.3. The molecule has 0 spiro atoms. The first-order valence-corrected chi connectivity index (χ1v) is 12.7. The van der Waals surface area contributed by atoms with Crippen LogP contribution in [0.15, 0.2) is 67.3 Å². The van der Waals surface area contributed by atoms with E-state index >= 15 is 0 Å². The number of carbonyl (C=O) groups excluding carboxylic acids is 1. The maximum Gasteiger partial charge on any atom is 0.322 e. The summed E-state index contributed by atoms with van der Waals surface area (Å²) >= 11 is 6.02. The highest BCUT2D eigenvalue weighted by Gasteiger charge is 2.24. The highest BCUT2D eigenvalue weighted by molar-refractivity contribution is 6.31. The lowest BCUT2D eigenvalue weighted by Crippen LogP contribution is -2.11. The molecule has 1 amide bonds. The number of pyridine rings is 1. The van der Waals surface area contributed by atoms with Gasteiger partial charge in [-0.15, -0.1) is 0 Å². The molecule has 0 aliphatic heterocycles. The molecule has 0 atom stereocenters. The van der Waals surface area contributed by atoms with Gasteiger partial charge in [-0.1, -0.05) is 36.4 Å². The predicted octanol–water partition coefficient (Wildman–Crippen LogP) is 6.64. The van der Waals surface area contributed by atoms with Gasteiger partial charge in [-0.2, -0.15) is 10.2 Å². The molecule has 0 bridgehead atoms. The van der Waals surface area contributed by atoms with Gasteiger partial charge in [0.25, 0.3) is 5.91 Å². The molecule has 2 aromatic carbocycles. The van der Waals surface area contributed by atoms with Crippen molar-refractivity contribution < 1.29 is 13.9 Å². The Balaban J connectivity index is 1.66. The number of carbonyl (C=O) groups is 1. The minimum Gasteiger partial charge on any atom is -0.424 e. The summed E-state index contributed by atoms with van der Waals surface area (Å²) in [5.41, 5.74) is 12.3. The summed E-state index contributed by atoms with van der Waals surface area (Å²) in [4.78, 5) is 24.4. The van der Waals surface area contributed by atoms with Crippen molar-refractivity contribution in [2.24, 2.45) is 7.05 Å². The normalized spacial score (nSPS) is 10.8. The smallest absolute Gasteiger partial charge is 0.322 e. The van der Waals surface area contributed by atoms with Crippen molar-refractivity contribution in [3.8, 4) is 40.2 Å². The standard InChI is InChI=1S/C30H23ClFN7O2/c1-15-11-20(38-29(40)16(2)32)7-10-22(15)27-24(25-26(39(27)4)19(12-33)13-35-28(25)34)18-5-8-21(9-6-18)41-30-36-14-23(31)17(3)37-30/h5-11,13-14H,2H2,1,3-4H3,(H2,34,35)(H,38,40). The third kappa shape index (κ3) is 5.06. The first-order chi connectivity index (χ1) is 19.6. The highest BCUT2D eigenvalue weighted by atomic mass is 35.5. The zero-order valence-electron chi connectivity index (χ0n) is 22.3. The monoisotopic (exact) mass is 567 g/mol. The van der Waals surface area contributed by atoms with Crippen LogP contribution in [-0.2, 0) is 11.8 Å². The minimum atomic E-state index is -1.08. The second kappa shape index (κ2) is 10.7. The van der Waals surface area contributed by atoms with E-state index < -0.39 is 11.7 Å². The number of fused-ring (bicyclic) bond motifs is 1. The number of amides is 1. The lowest BCUT2D eigenvalue weighted by molar-refractivity contribution is -0.114. The number of nitrogens with one attached hydrogen (secondary N) is 1. The van der Waals surface area contributed by atoms with Crippen molar-refractivity contribution in [2.45, 2.75) is 13.8 Å². The van der Waals surface area contributed by atoms with Gasteiger partial charge in [0.15, 0.2) is 5.83 Å². The number of hydrogen-bond donors (Lipinski definition) is 2. The Kier molecular flexibility index (Phi) is 7.13. The SMILES string of the molecule is C=C(F)C(=O)Nc1ccc(-c2c(-c3ccc(Oc4ncc(Cl)c(C)n4)cc3)c3c(N)ncc(C#N)c3n2C)c(C)c1. The Labute approximate surface area is 239 Å². The van der Waals surface area contributed by atoms with Crippen molar-refractivity contribution in [2.75, 3.05) is 11.1 Å². The maximum atomic E-state index is 13.3. The fraction of sp³-hybridized carbons (Fsp3) is 0.100. The van der Waals surface area contributed by atoms with Crippen LogP contribution in [0.25, 0.3) is 33.3 Å². The Morgan fingerprint density at radius 1 is 1.17 bits per heavy atom. The lowest BCUT2D eigenvalue weighted by Gasteiger charge is -2.14. The van der Waals surface area contributed by atoms with E-state index in [4.69, 9.17) is 22.1 Å². The summed E-state index contributed by atoms with van der Waals surface area (Å²) in [7, 11) is 1.85. The van der Waals surface area contributed by atoms with Gasteiger partial charge in [-0.25, -0.2) is 14.4 Å². The fourth-order valence-electron chi connectivity index (χ4n) is 4.67. The quantitative estimate of drug-likeness (QED) is 0.220. The van der Waals surface area contributed by atoms with Gasteiger partial charge in [0.2, 0.25) is 0 Å². The molecular formula is C30H23ClFN7O2. The van der Waals surface area contributed by atoms with E-state index in [1.54, 1.807) is 31.2 Å². The summed E-state index contributed by atoms with van der Waals surface area (Å²) in [6, 6.07) is 14.9. The third-order valence-electron chi connectivity index (χ3n) is 6.59. The zero-order valence-corrected chi connectivity index (χ0v) is 23.0. The van der Waals surface area contributed by atoms with Crippen LogP contribution in [0.3, 0.4) is 0 Å². The summed E-state index contributed by atoms with van der Waals surface area (Å²) in [5.74, 6) is -1.22. The Hall–Kier alpha value is -5.27. The molecule has 0 aliphatic carbocycles. The molecule has 3 N–H and O–H groups in total. The van der Waals surface area contributed by atoms with Gasteiger partial charge in [0, 0.05) is 30.1 Å². The Morgan fingerprint density at radius 3 is 2.54 bits per heavy atom. The van der Waals surface area contributed by atoms with Crippen molar-refractivity contribution in [1.82, 2.24) is 19.5 Å². The number of nitriles is 1. The van der Waals surface area contributed by atoms with E-state index in [0.717, 1.165) is 27.9 Å². The number of benzene rings is 2. The molecule has 0 saturated carbocycles. The number of anilines is 2. The van der Waals surface area contributed by atoms with Crippen LogP contribution in [0.4, 0.5) is 15.9 Å². The van der Waals surface area contributed by atoms with E-state index in [-0.39, 0.29) is 11.8 Å². The molecule has 0 radical (unpaired) electrons. The first-order valence-electron chi connectivity index (χ1n) is 12.3. The average Bonchev–Trinajstić information content (AvgIpc) is 3.25. The fourth-order valence-corrected chi connectivity index (χ4v) is 4.76. The van der Waals surface area contributed by atoms with Gasteiger partial charge in [-0.05, 0) is 49.2 Å². The Bertz CT molecular complexity index is 1910. The number of hydrogen-bond acceptors (Lipinski definition) is 7. The topological polar surface area (TPSA) is 132 Å². The molecule has 0 unspecified atom stereocenters. The van der Waals surface area contributed by atoms with Crippen LogP contribution in [0.2, 0.25) is 5.02 Å². The molecule has 5 rings (SSSR count). The third-order valence-corrected chi connectivity index (χ3v) is 6.97. The minimum absolute atomic E-state index is 0.164. The van der Waals surface area contributed by atoms with Gasteiger partial charge in [-0.3, -0.25) is 4.79 Å². The number of halogens is 2. The number of nitrogen functional groups attached to an aromatic ring is 1. The van der Waals surface area contributed by atoms with E-state index in [9.17, 15) is 14.4 Å². The van der Waals surface area contributed by atoms with Gasteiger partial charge in [0.1, 0.15) is 17.6 Å². The summed E-state index contributed by atoms with van der Waals surface area (Å²) < 4.78 is 21.0. The average molecular weight is 568 g/mol. The maximum absolute atomic E-state index is 13.3. The largest absolute Gasteiger partial charge is 0.424 e. The van der Waals surface area contributed by atoms with Gasteiger partial charge < -0.3 is 20.4 Å². The molecule has 3 heterocycles. The number of nitrogens with zero attached hydrogens (tertiary/aromatic N) is 5. The van der Waals surface area contributed by atoms with Crippen LogP contribution in [-0.4, -0.2) is 25.4 Å². The molecule has 0 saturated heterocycles. The number of nitrogens with two attached hydrogens (primary N) is 1. The molecule has 204 valence electrons. The number of rotatable bonds is 6. The molecule has 11 heteroatoms. The summed E-state index contributed by atoms with van der Waals surface area (Å²) in [5, 5.41) is 13.4.